The van der Waals surface area contributed by atoms with Gasteiger partial charge in [-0.05, 0) is 24.0 Å². The molecule has 0 saturated carbocycles. The Hall–Kier alpha value is -1.38. The summed E-state index contributed by atoms with van der Waals surface area (Å²) in [5, 5.41) is 0. The van der Waals surface area contributed by atoms with Crippen LogP contribution in [0.15, 0.2) is 36.4 Å². The summed E-state index contributed by atoms with van der Waals surface area (Å²) in [4.78, 5) is 0. The lowest BCUT2D eigenvalue weighted by Crippen LogP contribution is -2.01. The van der Waals surface area contributed by atoms with Crippen LogP contribution in [0.25, 0.3) is 0 Å². The second-order valence-corrected chi connectivity index (χ2v) is 5.52. The number of methoxy groups -OCH3 is 2. The van der Waals surface area contributed by atoms with Crippen LogP contribution >= 0.6 is 23.2 Å². The zero-order valence-electron chi connectivity index (χ0n) is 12.9. The van der Waals surface area contributed by atoms with Crippen molar-refractivity contribution in [3.8, 4) is 11.5 Å². The summed E-state index contributed by atoms with van der Waals surface area (Å²) in [6.07, 6.45) is 1.71. The lowest BCUT2D eigenvalue weighted by atomic mass is 9.99. The van der Waals surface area contributed by atoms with Gasteiger partial charge in [-0.1, -0.05) is 36.4 Å². The number of ether oxygens (including phenoxy) is 2. The van der Waals surface area contributed by atoms with E-state index in [9.17, 15) is 0 Å². The van der Waals surface area contributed by atoms with Crippen molar-refractivity contribution >= 4 is 23.2 Å². The lowest BCUT2D eigenvalue weighted by molar-refractivity contribution is 0.402. The van der Waals surface area contributed by atoms with E-state index in [1.807, 2.05) is 24.3 Å². The van der Waals surface area contributed by atoms with Gasteiger partial charge in [-0.3, -0.25) is 0 Å². The molecule has 0 atom stereocenters. The number of aryl methyl sites for hydroxylation is 2. The maximum atomic E-state index is 5.97. The van der Waals surface area contributed by atoms with Crippen LogP contribution in [0.2, 0.25) is 0 Å². The minimum atomic E-state index is 0.446. The molecule has 4 heteroatoms. The summed E-state index contributed by atoms with van der Waals surface area (Å²) < 4.78 is 11.0. The first-order chi connectivity index (χ1) is 10.7. The van der Waals surface area contributed by atoms with Crippen LogP contribution in [-0.4, -0.2) is 14.2 Å². The first-order valence-corrected chi connectivity index (χ1v) is 8.23. The number of benzene rings is 2. The van der Waals surface area contributed by atoms with E-state index < -0.39 is 0 Å². The minimum absolute atomic E-state index is 0.446. The van der Waals surface area contributed by atoms with E-state index in [0.29, 0.717) is 11.8 Å². The molecule has 2 nitrogen and oxygen atoms in total. The molecule has 0 aliphatic carbocycles. The molecule has 118 valence electrons. The van der Waals surface area contributed by atoms with E-state index in [1.165, 1.54) is 0 Å². The van der Waals surface area contributed by atoms with Gasteiger partial charge in [0, 0.05) is 11.1 Å². The molecule has 0 saturated heterocycles. The number of halogens is 2. The van der Waals surface area contributed by atoms with Crippen molar-refractivity contribution in [3.63, 3.8) is 0 Å². The van der Waals surface area contributed by atoms with E-state index in [-0.39, 0.29) is 0 Å². The predicted molar refractivity (Wildman–Crippen MR) is 92.5 cm³/mol. The molecule has 0 aliphatic heterocycles. The van der Waals surface area contributed by atoms with Gasteiger partial charge in [0.25, 0.3) is 0 Å². The van der Waals surface area contributed by atoms with Crippen molar-refractivity contribution in [1.29, 1.82) is 0 Å². The molecule has 2 rings (SSSR count). The summed E-state index contributed by atoms with van der Waals surface area (Å²) in [7, 11) is 3.37. The van der Waals surface area contributed by atoms with Crippen LogP contribution in [0, 0.1) is 0 Å². The molecular weight excluding hydrogens is 319 g/mol. The fraction of sp³-hybridized carbons (Fsp3) is 0.333. The van der Waals surface area contributed by atoms with E-state index >= 15 is 0 Å². The maximum absolute atomic E-state index is 5.97. The molecule has 0 amide bonds. The largest absolute Gasteiger partial charge is 0.496 e. The van der Waals surface area contributed by atoms with Gasteiger partial charge in [0.1, 0.15) is 11.5 Å². The predicted octanol–water partition coefficient (Wildman–Crippen LogP) is 4.97. The smallest absolute Gasteiger partial charge is 0.126 e. The van der Waals surface area contributed by atoms with Crippen LogP contribution in [0.1, 0.15) is 22.3 Å². The third-order valence-corrected chi connectivity index (χ3v) is 4.29. The topological polar surface area (TPSA) is 18.5 Å². The van der Waals surface area contributed by atoms with Gasteiger partial charge in [0.2, 0.25) is 0 Å². The van der Waals surface area contributed by atoms with Crippen molar-refractivity contribution < 1.29 is 9.47 Å². The maximum Gasteiger partial charge on any atom is 0.126 e. The van der Waals surface area contributed by atoms with Gasteiger partial charge in [0.15, 0.2) is 0 Å². The number of hydrogen-bond acceptors (Lipinski definition) is 2. The van der Waals surface area contributed by atoms with Crippen LogP contribution in [0.5, 0.6) is 11.5 Å². The van der Waals surface area contributed by atoms with Gasteiger partial charge < -0.3 is 9.47 Å². The molecule has 0 unspecified atom stereocenters. The standard InChI is InChI=1S/C18H20Cl2O2/c1-21-17-13(5-3-7-15(17)11-19)9-10-14-6-4-8-16(12-20)18(14)22-2/h3-8H,9-12H2,1-2H3. The van der Waals surface area contributed by atoms with Crippen molar-refractivity contribution in [2.24, 2.45) is 0 Å². The Bertz CT molecular complexity index is 571. The van der Waals surface area contributed by atoms with Gasteiger partial charge in [-0.25, -0.2) is 0 Å². The zero-order chi connectivity index (χ0) is 15.9. The molecule has 2 aromatic rings. The average molecular weight is 339 g/mol. The molecule has 22 heavy (non-hydrogen) atoms. The summed E-state index contributed by atoms with van der Waals surface area (Å²) in [6, 6.07) is 12.2. The molecular formula is C18H20Cl2O2. The van der Waals surface area contributed by atoms with E-state index in [4.69, 9.17) is 32.7 Å². The summed E-state index contributed by atoms with van der Waals surface area (Å²) in [5.74, 6) is 2.65. The molecule has 2 aromatic carbocycles. The molecule has 0 N–H and O–H groups in total. The second kappa shape index (κ2) is 8.30. The second-order valence-electron chi connectivity index (χ2n) is 4.99. The van der Waals surface area contributed by atoms with Crippen LogP contribution in [0.3, 0.4) is 0 Å². The highest BCUT2D eigenvalue weighted by Crippen LogP contribution is 2.30. The van der Waals surface area contributed by atoms with E-state index in [0.717, 1.165) is 46.6 Å². The summed E-state index contributed by atoms with van der Waals surface area (Å²) in [5.41, 5.74) is 4.34. The Balaban J connectivity index is 2.24. The Morgan fingerprint density at radius 2 is 1.05 bits per heavy atom. The van der Waals surface area contributed by atoms with E-state index in [1.54, 1.807) is 14.2 Å². The molecule has 0 radical (unpaired) electrons. The quantitative estimate of drug-likeness (QED) is 0.663. The number of para-hydroxylation sites is 2. The fourth-order valence-electron chi connectivity index (χ4n) is 2.67. The Morgan fingerprint density at radius 1 is 0.682 bits per heavy atom. The third-order valence-electron chi connectivity index (χ3n) is 3.72. The molecule has 0 fully saturated rings. The third kappa shape index (κ3) is 3.68. The highest BCUT2D eigenvalue weighted by Gasteiger charge is 2.11. The minimum Gasteiger partial charge on any atom is -0.496 e. The average Bonchev–Trinajstić information content (AvgIpc) is 2.58. The molecule has 0 aliphatic rings. The number of hydrogen-bond donors (Lipinski definition) is 0. The first-order valence-electron chi connectivity index (χ1n) is 7.16. The lowest BCUT2D eigenvalue weighted by Gasteiger charge is -2.14. The van der Waals surface area contributed by atoms with Gasteiger partial charge in [0.05, 0.1) is 26.0 Å². The van der Waals surface area contributed by atoms with Gasteiger partial charge in [-0.2, -0.15) is 0 Å². The normalized spacial score (nSPS) is 10.5. The van der Waals surface area contributed by atoms with Crippen LogP contribution in [0.4, 0.5) is 0 Å². The van der Waals surface area contributed by atoms with Crippen molar-refractivity contribution in [1.82, 2.24) is 0 Å². The highest BCUT2D eigenvalue weighted by molar-refractivity contribution is 6.17. The van der Waals surface area contributed by atoms with Gasteiger partial charge in [-0.15, -0.1) is 23.2 Å². The zero-order valence-corrected chi connectivity index (χ0v) is 14.4. The van der Waals surface area contributed by atoms with Crippen LogP contribution < -0.4 is 9.47 Å². The summed E-state index contributed by atoms with van der Waals surface area (Å²) >= 11 is 11.9. The van der Waals surface area contributed by atoms with Crippen molar-refractivity contribution in [3.05, 3.63) is 58.7 Å². The van der Waals surface area contributed by atoms with Crippen molar-refractivity contribution in [2.45, 2.75) is 24.6 Å². The number of rotatable bonds is 7. The number of alkyl halides is 2. The molecule has 0 aromatic heterocycles. The fourth-order valence-corrected chi connectivity index (χ4v) is 3.09. The molecule has 0 spiro atoms. The van der Waals surface area contributed by atoms with Crippen LogP contribution in [-0.2, 0) is 24.6 Å². The SMILES string of the molecule is COc1c(CCl)cccc1CCc1cccc(CCl)c1OC. The monoisotopic (exact) mass is 338 g/mol. The Labute approximate surface area is 142 Å². The highest BCUT2D eigenvalue weighted by atomic mass is 35.5. The molecule has 0 bridgehead atoms. The molecule has 0 heterocycles. The van der Waals surface area contributed by atoms with Crippen molar-refractivity contribution in [2.75, 3.05) is 14.2 Å². The van der Waals surface area contributed by atoms with E-state index in [2.05, 4.69) is 12.1 Å². The van der Waals surface area contributed by atoms with Gasteiger partial charge >= 0.3 is 0 Å². The Morgan fingerprint density at radius 3 is 1.36 bits per heavy atom. The Kier molecular flexibility index (Phi) is 6.41. The summed E-state index contributed by atoms with van der Waals surface area (Å²) in [6.45, 7) is 0. The first kappa shape index (κ1) is 17.0.